The van der Waals surface area contributed by atoms with E-state index in [2.05, 4.69) is 21.7 Å². The number of hydrogen-bond donors (Lipinski definition) is 3. The molecule has 0 aliphatic carbocycles. The van der Waals surface area contributed by atoms with Crippen molar-refractivity contribution >= 4 is 29.1 Å². The largest absolute Gasteiger partial charge is 0.493 e. The number of hydrogen-bond acceptors (Lipinski definition) is 8. The number of esters is 1. The number of nitrogens with zero attached hydrogens (tertiary/aromatic N) is 1. The van der Waals surface area contributed by atoms with Gasteiger partial charge in [0.15, 0.2) is 5.69 Å². The number of fused-ring (bicyclic) bond motifs is 3. The van der Waals surface area contributed by atoms with Gasteiger partial charge in [-0.2, -0.15) is 0 Å². The third-order valence-corrected chi connectivity index (χ3v) is 7.99. The van der Waals surface area contributed by atoms with Gasteiger partial charge in [0.25, 0.3) is 11.8 Å². The van der Waals surface area contributed by atoms with Crippen molar-refractivity contribution in [2.45, 2.75) is 32.9 Å². The van der Waals surface area contributed by atoms with Crippen molar-refractivity contribution in [2.24, 2.45) is 5.73 Å². The van der Waals surface area contributed by atoms with Gasteiger partial charge in [0.2, 0.25) is 0 Å². The summed E-state index contributed by atoms with van der Waals surface area (Å²) in [6.07, 6.45) is 1.49. The molecule has 0 fully saturated rings. The van der Waals surface area contributed by atoms with E-state index in [1.54, 1.807) is 29.5 Å². The average molecular weight is 585 g/mol. The highest BCUT2D eigenvalue weighted by Gasteiger charge is 2.27. The van der Waals surface area contributed by atoms with E-state index in [0.717, 1.165) is 40.0 Å². The Morgan fingerprint density at radius 1 is 1.00 bits per heavy atom. The fourth-order valence-corrected chi connectivity index (χ4v) is 5.83. The minimum Gasteiger partial charge on any atom is -0.493 e. The monoisotopic (exact) mass is 584 g/mol. The maximum absolute atomic E-state index is 13.9. The Kier molecular flexibility index (Phi) is 8.94. The van der Waals surface area contributed by atoms with Crippen LogP contribution in [0.4, 0.5) is 0 Å². The second-order valence-corrected chi connectivity index (χ2v) is 10.7. The number of rotatable bonds is 9. The lowest BCUT2D eigenvalue weighted by Gasteiger charge is -2.17. The van der Waals surface area contributed by atoms with E-state index in [1.165, 1.54) is 13.2 Å². The van der Waals surface area contributed by atoms with E-state index < -0.39 is 11.9 Å². The van der Waals surface area contributed by atoms with Crippen LogP contribution in [0.3, 0.4) is 0 Å². The van der Waals surface area contributed by atoms with Crippen LogP contribution in [0.1, 0.15) is 61.4 Å². The highest BCUT2D eigenvalue weighted by molar-refractivity contribution is 7.13. The van der Waals surface area contributed by atoms with Crippen LogP contribution in [-0.4, -0.2) is 43.0 Å². The zero-order valence-electron chi connectivity index (χ0n) is 23.5. The number of benzene rings is 2. The summed E-state index contributed by atoms with van der Waals surface area (Å²) in [4.78, 5) is 44.9. The Balaban J connectivity index is 1.62. The summed E-state index contributed by atoms with van der Waals surface area (Å²) in [5.41, 5.74) is 10.8. The van der Waals surface area contributed by atoms with Crippen LogP contribution >= 0.6 is 11.3 Å². The minimum atomic E-state index is -0.725. The number of ether oxygens (including phenoxy) is 2. The number of thiophene rings is 1. The second kappa shape index (κ2) is 13.0. The molecule has 10 heteroatoms. The van der Waals surface area contributed by atoms with Gasteiger partial charge >= 0.3 is 5.97 Å². The molecule has 0 atom stereocenters. The number of methoxy groups -OCH3 is 1. The van der Waals surface area contributed by atoms with Crippen LogP contribution < -0.4 is 21.1 Å². The smallest absolute Gasteiger partial charge is 0.357 e. The topological polar surface area (TPSA) is 133 Å². The molecular weight excluding hydrogens is 552 g/mol. The molecular formula is C32H32N4O5S. The summed E-state index contributed by atoms with van der Waals surface area (Å²) in [6.45, 7) is 3.56. The van der Waals surface area contributed by atoms with E-state index >= 15 is 0 Å². The van der Waals surface area contributed by atoms with Crippen molar-refractivity contribution < 1.29 is 23.9 Å². The molecule has 3 heterocycles. The van der Waals surface area contributed by atoms with Gasteiger partial charge < -0.3 is 25.8 Å². The predicted octanol–water partition coefficient (Wildman–Crippen LogP) is 4.73. The van der Waals surface area contributed by atoms with E-state index in [0.29, 0.717) is 42.1 Å². The summed E-state index contributed by atoms with van der Waals surface area (Å²) in [5, 5.41) is 7.81. The Hall–Kier alpha value is -4.54. The summed E-state index contributed by atoms with van der Waals surface area (Å²) in [6, 6.07) is 16.5. The molecule has 0 bridgehead atoms. The second-order valence-electron chi connectivity index (χ2n) is 9.81. The van der Waals surface area contributed by atoms with Crippen molar-refractivity contribution in [1.82, 2.24) is 15.6 Å². The maximum atomic E-state index is 13.9. The quantitative estimate of drug-likeness (QED) is 0.242. The van der Waals surface area contributed by atoms with Crippen LogP contribution in [-0.2, 0) is 24.2 Å². The van der Waals surface area contributed by atoms with Gasteiger partial charge in [0.05, 0.1) is 13.7 Å². The van der Waals surface area contributed by atoms with Crippen LogP contribution in [0.15, 0.2) is 60.0 Å². The standard InChI is InChI=1S/C32H32N4O5S/c1-3-11-34-31(38)26-8-7-22(28(36-26)32(39)40-2)23-16-27-25(29-21(9-12-41-27)10-13-42-29)15-24(23)30(37)35-18-20-6-4-5-19(14-20)17-33/h4-8,10,13-16H,3,9,11-12,17-18,33H2,1-2H3,(H,34,38)(H,35,37). The van der Waals surface area contributed by atoms with Gasteiger partial charge in [-0.15, -0.1) is 11.3 Å². The van der Waals surface area contributed by atoms with E-state index in [-0.39, 0.29) is 23.8 Å². The first kappa shape index (κ1) is 29.0. The molecule has 9 nitrogen and oxygen atoms in total. The van der Waals surface area contributed by atoms with Crippen LogP contribution in [0, 0.1) is 0 Å². The Bertz CT molecular complexity index is 1650. The third kappa shape index (κ3) is 6.05. The molecule has 216 valence electrons. The normalized spacial score (nSPS) is 11.9. The van der Waals surface area contributed by atoms with Gasteiger partial charge in [-0.05, 0) is 58.8 Å². The van der Waals surface area contributed by atoms with Gasteiger partial charge in [0, 0.05) is 53.2 Å². The van der Waals surface area contributed by atoms with Crippen molar-refractivity contribution in [3.8, 4) is 27.3 Å². The maximum Gasteiger partial charge on any atom is 0.357 e. The zero-order chi connectivity index (χ0) is 29.6. The Morgan fingerprint density at radius 2 is 1.83 bits per heavy atom. The lowest BCUT2D eigenvalue weighted by Crippen LogP contribution is -2.26. The summed E-state index contributed by atoms with van der Waals surface area (Å²) < 4.78 is 11.2. The van der Waals surface area contributed by atoms with E-state index in [9.17, 15) is 14.4 Å². The fourth-order valence-electron chi connectivity index (χ4n) is 4.86. The first-order valence-electron chi connectivity index (χ1n) is 13.7. The molecule has 0 unspecified atom stereocenters. The Morgan fingerprint density at radius 3 is 2.62 bits per heavy atom. The fraction of sp³-hybridized carbons (Fsp3) is 0.250. The van der Waals surface area contributed by atoms with E-state index in [1.807, 2.05) is 36.6 Å². The molecule has 0 saturated carbocycles. The molecule has 1 aliphatic heterocycles. The van der Waals surface area contributed by atoms with Crippen molar-refractivity contribution in [1.29, 1.82) is 0 Å². The molecule has 0 radical (unpaired) electrons. The SMILES string of the molecule is CCCNC(=O)c1ccc(-c2cc3c(cc2C(=O)NCc2cccc(CN)c2)-c2sccc2CCO3)c(C(=O)OC)n1. The molecule has 0 spiro atoms. The van der Waals surface area contributed by atoms with Gasteiger partial charge in [0.1, 0.15) is 11.4 Å². The Labute approximate surface area is 248 Å². The zero-order valence-corrected chi connectivity index (χ0v) is 24.3. The third-order valence-electron chi connectivity index (χ3n) is 7.00. The number of amides is 2. The first-order chi connectivity index (χ1) is 20.4. The van der Waals surface area contributed by atoms with Crippen molar-refractivity contribution in [2.75, 3.05) is 20.3 Å². The van der Waals surface area contributed by atoms with Gasteiger partial charge in [-0.3, -0.25) is 9.59 Å². The lowest BCUT2D eigenvalue weighted by atomic mass is 9.93. The summed E-state index contributed by atoms with van der Waals surface area (Å²) >= 11 is 1.59. The average Bonchev–Trinajstić information content (AvgIpc) is 3.42. The van der Waals surface area contributed by atoms with Crippen LogP contribution in [0.5, 0.6) is 5.75 Å². The number of carbonyl (C=O) groups is 3. The first-order valence-corrected chi connectivity index (χ1v) is 14.6. The van der Waals surface area contributed by atoms with E-state index in [4.69, 9.17) is 15.2 Å². The van der Waals surface area contributed by atoms with Gasteiger partial charge in [-0.25, -0.2) is 9.78 Å². The van der Waals surface area contributed by atoms with Crippen LogP contribution in [0.2, 0.25) is 0 Å². The molecule has 4 N–H and O–H groups in total. The number of pyridine rings is 1. The number of aromatic nitrogens is 1. The summed E-state index contributed by atoms with van der Waals surface area (Å²) in [5.74, 6) is -0.869. The van der Waals surface area contributed by atoms with Crippen molar-refractivity contribution in [3.05, 3.63) is 93.6 Å². The molecule has 0 saturated heterocycles. The minimum absolute atomic E-state index is 0.0725. The molecule has 1 aliphatic rings. The molecule has 4 aromatic rings. The predicted molar refractivity (Wildman–Crippen MR) is 162 cm³/mol. The molecule has 2 aromatic carbocycles. The number of carbonyl (C=O) groups excluding carboxylic acids is 3. The van der Waals surface area contributed by atoms with Gasteiger partial charge in [-0.1, -0.05) is 31.2 Å². The molecule has 2 amide bonds. The number of nitrogens with one attached hydrogen (secondary N) is 2. The molecule has 5 rings (SSSR count). The van der Waals surface area contributed by atoms with Crippen LogP contribution in [0.25, 0.3) is 21.6 Å². The molecule has 2 aromatic heterocycles. The summed E-state index contributed by atoms with van der Waals surface area (Å²) in [7, 11) is 1.25. The highest BCUT2D eigenvalue weighted by atomic mass is 32.1. The number of nitrogens with two attached hydrogens (primary N) is 1. The lowest BCUT2D eigenvalue weighted by molar-refractivity contribution is 0.0594. The highest BCUT2D eigenvalue weighted by Crippen LogP contribution is 2.43. The molecule has 42 heavy (non-hydrogen) atoms. The van der Waals surface area contributed by atoms with Crippen molar-refractivity contribution in [3.63, 3.8) is 0 Å².